The standard InChI is InChI=1S/C19H26B3ClN4O6/c1-8-5-9(15(29)25-8)6-13(14(28)17(31)24-2)26-16(30)11-7-10(23)3-4-12(11)27-18(32)33-19(20,21)22/h3-4,7-9,13H,5-6,20-22H2,1-2H3,(H,24,31)(H,25,29)(H,26,30)(H,27,32)/t8-,9+,13+/m1/s1. The fourth-order valence-electron chi connectivity index (χ4n) is 3.42. The molecule has 174 valence electrons. The van der Waals surface area contributed by atoms with Crippen LogP contribution in [0.25, 0.3) is 0 Å². The molecule has 1 saturated heterocycles. The van der Waals surface area contributed by atoms with E-state index in [-0.39, 0.29) is 34.6 Å². The number of hydrogen-bond donors (Lipinski definition) is 4. The first-order chi connectivity index (χ1) is 15.3. The third kappa shape index (κ3) is 7.56. The molecule has 0 aromatic heterocycles. The van der Waals surface area contributed by atoms with Gasteiger partial charge < -0.3 is 20.7 Å². The number of benzene rings is 1. The number of ketones is 1. The Morgan fingerprint density at radius 1 is 1.27 bits per heavy atom. The summed E-state index contributed by atoms with van der Waals surface area (Å²) in [5.41, 5.74) is 0.0665. The Morgan fingerprint density at radius 2 is 1.94 bits per heavy atom. The first-order valence-corrected chi connectivity index (χ1v) is 10.8. The Labute approximate surface area is 199 Å². The summed E-state index contributed by atoms with van der Waals surface area (Å²) in [5.74, 6) is -3.33. The van der Waals surface area contributed by atoms with Crippen LogP contribution >= 0.6 is 11.6 Å². The molecule has 4 amide bonds. The molecule has 0 aliphatic carbocycles. The van der Waals surface area contributed by atoms with Crippen LogP contribution in [-0.4, -0.2) is 77.6 Å². The van der Waals surface area contributed by atoms with E-state index in [4.69, 9.17) is 16.3 Å². The molecule has 0 radical (unpaired) electrons. The molecule has 1 heterocycles. The molecule has 0 unspecified atom stereocenters. The van der Waals surface area contributed by atoms with Crippen LogP contribution in [0.2, 0.25) is 5.02 Å². The number of anilines is 1. The minimum Gasteiger partial charge on any atom is -0.470 e. The molecule has 1 aromatic rings. The zero-order chi connectivity index (χ0) is 24.9. The zero-order valence-corrected chi connectivity index (χ0v) is 20.0. The van der Waals surface area contributed by atoms with Crippen molar-refractivity contribution in [2.75, 3.05) is 12.4 Å². The van der Waals surface area contributed by atoms with E-state index in [1.165, 1.54) is 25.2 Å². The van der Waals surface area contributed by atoms with Crippen molar-refractivity contribution in [2.45, 2.75) is 37.1 Å². The third-order valence-corrected chi connectivity index (χ3v) is 5.09. The Morgan fingerprint density at radius 3 is 2.48 bits per heavy atom. The minimum absolute atomic E-state index is 0.0349. The number of halogens is 1. The van der Waals surface area contributed by atoms with Crippen LogP contribution in [0.5, 0.6) is 0 Å². The molecule has 0 bridgehead atoms. The van der Waals surface area contributed by atoms with Crippen LogP contribution in [0, 0.1) is 5.92 Å². The van der Waals surface area contributed by atoms with E-state index in [0.717, 1.165) is 0 Å². The molecule has 14 heteroatoms. The summed E-state index contributed by atoms with van der Waals surface area (Å²) in [6.45, 7) is 1.83. The summed E-state index contributed by atoms with van der Waals surface area (Å²) in [4.78, 5) is 62.0. The van der Waals surface area contributed by atoms with Gasteiger partial charge in [-0.1, -0.05) is 11.6 Å². The van der Waals surface area contributed by atoms with Gasteiger partial charge in [0.2, 0.25) is 11.7 Å². The first kappa shape index (κ1) is 26.3. The van der Waals surface area contributed by atoms with Crippen molar-refractivity contribution in [3.8, 4) is 0 Å². The molecule has 33 heavy (non-hydrogen) atoms. The lowest BCUT2D eigenvalue weighted by Gasteiger charge is -2.22. The SMILES string of the molecule is BC(B)(B)OC(=O)Nc1ccc(Cl)cc1C(=O)N[C@@H](C[C@@H]1C[C@@H](C)NC1=O)C(=O)C(=O)NC. The summed E-state index contributed by atoms with van der Waals surface area (Å²) in [6.07, 6.45) is -0.369. The summed E-state index contributed by atoms with van der Waals surface area (Å²) < 4.78 is 5.22. The highest BCUT2D eigenvalue weighted by Gasteiger charge is 2.36. The van der Waals surface area contributed by atoms with Crippen LogP contribution in [0.1, 0.15) is 30.1 Å². The Hall–Kier alpha value is -2.95. The summed E-state index contributed by atoms with van der Waals surface area (Å²) >= 11 is 6.04. The Balaban J connectivity index is 2.28. The number of ether oxygens (including phenoxy) is 1. The highest BCUT2D eigenvalue weighted by molar-refractivity contribution is 6.58. The second-order valence-electron chi connectivity index (χ2n) is 8.86. The smallest absolute Gasteiger partial charge is 0.409 e. The number of carbonyl (C=O) groups excluding carboxylic acids is 5. The van der Waals surface area contributed by atoms with Gasteiger partial charge in [0.15, 0.2) is 0 Å². The maximum absolute atomic E-state index is 13.1. The monoisotopic (exact) mass is 474 g/mol. The van der Waals surface area contributed by atoms with Crippen LogP contribution in [-0.2, 0) is 19.1 Å². The van der Waals surface area contributed by atoms with Crippen molar-refractivity contribution in [2.24, 2.45) is 5.92 Å². The first-order valence-electron chi connectivity index (χ1n) is 10.5. The Bertz CT molecular complexity index is 971. The number of nitrogens with one attached hydrogen (secondary N) is 4. The van der Waals surface area contributed by atoms with Crippen molar-refractivity contribution >= 4 is 70.4 Å². The lowest BCUT2D eigenvalue weighted by molar-refractivity contribution is -0.139. The molecule has 3 atom stereocenters. The largest absolute Gasteiger partial charge is 0.470 e. The number of likely N-dealkylation sites (N-methyl/N-ethyl adjacent to an activating group) is 1. The molecule has 0 spiro atoms. The molecule has 0 saturated carbocycles. The highest BCUT2D eigenvalue weighted by atomic mass is 35.5. The number of Topliss-reactive ketones (excluding diaryl/α,β-unsaturated/α-hetero) is 1. The molecule has 2 rings (SSSR count). The molecule has 1 aliphatic heterocycles. The van der Waals surface area contributed by atoms with Gasteiger partial charge in [0.05, 0.1) is 17.3 Å². The van der Waals surface area contributed by atoms with Crippen molar-refractivity contribution in [1.82, 2.24) is 16.0 Å². The van der Waals surface area contributed by atoms with Gasteiger partial charge in [0, 0.05) is 29.3 Å². The van der Waals surface area contributed by atoms with E-state index in [2.05, 4.69) is 21.3 Å². The van der Waals surface area contributed by atoms with Crippen molar-refractivity contribution in [1.29, 1.82) is 0 Å². The van der Waals surface area contributed by atoms with Crippen molar-refractivity contribution < 1.29 is 28.7 Å². The van der Waals surface area contributed by atoms with Gasteiger partial charge >= 0.3 is 6.09 Å². The van der Waals surface area contributed by atoms with E-state index < -0.39 is 40.9 Å². The lowest BCUT2D eigenvalue weighted by Crippen LogP contribution is -2.48. The third-order valence-electron chi connectivity index (χ3n) is 4.85. The Kier molecular flexibility index (Phi) is 8.60. The van der Waals surface area contributed by atoms with Gasteiger partial charge in [-0.25, -0.2) is 4.79 Å². The fourth-order valence-corrected chi connectivity index (χ4v) is 3.59. The predicted octanol–water partition coefficient (Wildman–Crippen LogP) is -2.27. The summed E-state index contributed by atoms with van der Waals surface area (Å²) in [6, 6.07) is 2.87. The summed E-state index contributed by atoms with van der Waals surface area (Å²) in [7, 11) is 6.37. The van der Waals surface area contributed by atoms with E-state index >= 15 is 0 Å². The number of hydrogen-bond acceptors (Lipinski definition) is 6. The molecule has 1 aromatic carbocycles. The molecular formula is C19H26B3ClN4O6. The van der Waals surface area contributed by atoms with Gasteiger partial charge in [0.1, 0.15) is 23.5 Å². The maximum Gasteiger partial charge on any atom is 0.409 e. The number of rotatable bonds is 8. The predicted molar refractivity (Wildman–Crippen MR) is 131 cm³/mol. The molecular weight excluding hydrogens is 448 g/mol. The van der Waals surface area contributed by atoms with Gasteiger partial charge in [-0.05, 0) is 38.0 Å². The maximum atomic E-state index is 13.1. The quantitative estimate of drug-likeness (QED) is 0.247. The molecule has 10 nitrogen and oxygen atoms in total. The topological polar surface area (TPSA) is 143 Å². The number of amides is 4. The van der Waals surface area contributed by atoms with Gasteiger partial charge in [0.25, 0.3) is 11.8 Å². The zero-order valence-electron chi connectivity index (χ0n) is 19.2. The fraction of sp³-hybridized carbons (Fsp3) is 0.421. The van der Waals surface area contributed by atoms with Crippen LogP contribution in [0.4, 0.5) is 10.5 Å². The highest BCUT2D eigenvalue weighted by Crippen LogP contribution is 2.24. The molecule has 1 aliphatic rings. The van der Waals surface area contributed by atoms with Crippen LogP contribution < -0.4 is 21.3 Å². The molecule has 4 N–H and O–H groups in total. The van der Waals surface area contributed by atoms with Crippen molar-refractivity contribution in [3.63, 3.8) is 0 Å². The van der Waals surface area contributed by atoms with Gasteiger partial charge in [-0.2, -0.15) is 0 Å². The number of carbonyl (C=O) groups is 5. The average Bonchev–Trinajstić information content (AvgIpc) is 3.02. The van der Waals surface area contributed by atoms with Crippen molar-refractivity contribution in [3.05, 3.63) is 28.8 Å². The second kappa shape index (κ2) is 10.8. The van der Waals surface area contributed by atoms with E-state index in [0.29, 0.717) is 6.42 Å². The van der Waals surface area contributed by atoms with E-state index in [9.17, 15) is 24.0 Å². The summed E-state index contributed by atoms with van der Waals surface area (Å²) in [5, 5.41) is 9.45. The van der Waals surface area contributed by atoms with Gasteiger partial charge in [-0.3, -0.25) is 24.5 Å². The normalized spacial score (nSPS) is 18.6. The average molecular weight is 474 g/mol. The van der Waals surface area contributed by atoms with Crippen LogP contribution in [0.15, 0.2) is 18.2 Å². The molecule has 1 fully saturated rings. The van der Waals surface area contributed by atoms with E-state index in [1.807, 2.05) is 6.92 Å². The van der Waals surface area contributed by atoms with Gasteiger partial charge in [-0.15, -0.1) is 0 Å². The van der Waals surface area contributed by atoms with E-state index in [1.54, 1.807) is 23.5 Å². The second-order valence-corrected chi connectivity index (χ2v) is 9.30. The van der Waals surface area contributed by atoms with Crippen LogP contribution in [0.3, 0.4) is 0 Å². The lowest BCUT2D eigenvalue weighted by atomic mass is 9.52. The minimum atomic E-state index is -1.26.